The van der Waals surface area contributed by atoms with E-state index in [4.69, 9.17) is 5.11 Å². The zero-order valence-corrected chi connectivity index (χ0v) is 15.4. The van der Waals surface area contributed by atoms with Crippen LogP contribution in [0.25, 0.3) is 0 Å². The lowest BCUT2D eigenvalue weighted by Gasteiger charge is -2.61. The van der Waals surface area contributed by atoms with Crippen molar-refractivity contribution in [2.24, 2.45) is 22.7 Å². The highest BCUT2D eigenvalue weighted by Crippen LogP contribution is 2.62. The summed E-state index contributed by atoms with van der Waals surface area (Å²) in [6, 6.07) is 0. The highest BCUT2D eigenvalue weighted by Gasteiger charge is 2.57. The molecular weight excluding hydrogens is 288 g/mol. The number of hydrogen-bond donors (Lipinski definition) is 3. The molecule has 0 aromatic carbocycles. The average Bonchev–Trinajstić information content (AvgIpc) is 2.43. The Labute approximate surface area is 141 Å². The highest BCUT2D eigenvalue weighted by atomic mass is 16.3. The maximum Gasteiger partial charge on any atom is 0.0978 e. The van der Waals surface area contributed by atoms with E-state index in [0.29, 0.717) is 23.3 Å². The smallest absolute Gasteiger partial charge is 0.0978 e. The Morgan fingerprint density at radius 3 is 2.43 bits per heavy atom. The second kappa shape index (κ2) is 6.50. The third-order valence-corrected chi connectivity index (χ3v) is 7.16. The second-order valence-corrected chi connectivity index (χ2v) is 9.24. The van der Waals surface area contributed by atoms with Gasteiger partial charge in [-0.15, -0.1) is 0 Å². The van der Waals surface area contributed by atoms with Crippen molar-refractivity contribution in [3.8, 4) is 0 Å². The van der Waals surface area contributed by atoms with E-state index in [1.807, 2.05) is 6.92 Å². The van der Waals surface area contributed by atoms with Gasteiger partial charge in [-0.2, -0.15) is 0 Å². The van der Waals surface area contributed by atoms with Gasteiger partial charge in [-0.3, -0.25) is 0 Å². The molecule has 5 atom stereocenters. The monoisotopic (exact) mass is 324 g/mol. The van der Waals surface area contributed by atoms with E-state index in [9.17, 15) is 10.2 Å². The van der Waals surface area contributed by atoms with Crippen molar-refractivity contribution in [2.75, 3.05) is 6.61 Å². The normalized spacial score (nSPS) is 41.2. The number of aliphatic hydroxyl groups excluding tert-OH is 2. The molecule has 3 heteroatoms. The first-order valence-corrected chi connectivity index (χ1v) is 9.23. The van der Waals surface area contributed by atoms with Crippen molar-refractivity contribution in [1.82, 2.24) is 0 Å². The van der Waals surface area contributed by atoms with E-state index in [0.717, 1.165) is 19.3 Å². The Morgan fingerprint density at radius 2 is 1.83 bits per heavy atom. The maximum atomic E-state index is 11.1. The predicted octanol–water partition coefficient (Wildman–Crippen LogP) is 3.67. The van der Waals surface area contributed by atoms with Gasteiger partial charge in [0, 0.05) is 0 Å². The molecule has 0 radical (unpaired) electrons. The molecule has 0 bridgehead atoms. The van der Waals surface area contributed by atoms with Gasteiger partial charge in [0.2, 0.25) is 0 Å². The van der Waals surface area contributed by atoms with Crippen LogP contribution in [0.1, 0.15) is 72.6 Å². The SMILES string of the molecule is C=C(CC[C@@H]1[C@@]2(C)CCCC(C)(C)[C@H]2CC[C@@]1(C)O)[C@H](O)CO. The number of rotatable bonds is 5. The van der Waals surface area contributed by atoms with E-state index in [1.165, 1.54) is 19.3 Å². The summed E-state index contributed by atoms with van der Waals surface area (Å²) in [7, 11) is 0. The van der Waals surface area contributed by atoms with Crippen molar-refractivity contribution >= 4 is 0 Å². The average molecular weight is 325 g/mol. The molecule has 0 unspecified atom stereocenters. The molecule has 3 N–H and O–H groups in total. The molecule has 0 heterocycles. The van der Waals surface area contributed by atoms with Crippen molar-refractivity contribution in [2.45, 2.75) is 84.3 Å². The molecule has 2 aliphatic rings. The van der Waals surface area contributed by atoms with E-state index in [-0.39, 0.29) is 17.9 Å². The van der Waals surface area contributed by atoms with Gasteiger partial charge in [-0.25, -0.2) is 0 Å². The summed E-state index contributed by atoms with van der Waals surface area (Å²) in [6.07, 6.45) is 6.32. The van der Waals surface area contributed by atoms with Crippen LogP contribution in [-0.4, -0.2) is 33.6 Å². The second-order valence-electron chi connectivity index (χ2n) is 9.24. The lowest BCUT2D eigenvalue weighted by molar-refractivity contribution is -0.169. The molecule has 0 aliphatic heterocycles. The highest BCUT2D eigenvalue weighted by molar-refractivity contribution is 5.09. The van der Waals surface area contributed by atoms with Crippen molar-refractivity contribution in [3.63, 3.8) is 0 Å². The Hall–Kier alpha value is -0.380. The molecule has 2 rings (SSSR count). The minimum atomic E-state index is -0.838. The Bertz CT molecular complexity index is 440. The molecule has 2 aliphatic carbocycles. The van der Waals surface area contributed by atoms with Crippen LogP contribution in [0.15, 0.2) is 12.2 Å². The van der Waals surface area contributed by atoms with E-state index in [1.54, 1.807) is 0 Å². The minimum Gasteiger partial charge on any atom is -0.393 e. The Kier molecular flexibility index (Phi) is 5.35. The fraction of sp³-hybridized carbons (Fsp3) is 0.900. The largest absolute Gasteiger partial charge is 0.393 e. The zero-order valence-electron chi connectivity index (χ0n) is 15.4. The summed E-state index contributed by atoms with van der Waals surface area (Å²) in [6.45, 7) is 12.8. The molecule has 134 valence electrons. The summed E-state index contributed by atoms with van der Waals surface area (Å²) < 4.78 is 0. The summed E-state index contributed by atoms with van der Waals surface area (Å²) in [5.41, 5.74) is 0.518. The molecular formula is C20H36O3. The molecule has 0 saturated heterocycles. The van der Waals surface area contributed by atoms with Crippen LogP contribution < -0.4 is 0 Å². The third kappa shape index (κ3) is 3.52. The number of aliphatic hydroxyl groups is 3. The maximum absolute atomic E-state index is 11.1. The molecule has 0 aromatic heterocycles. The van der Waals surface area contributed by atoms with Gasteiger partial charge in [0.05, 0.1) is 18.3 Å². The zero-order chi connectivity index (χ0) is 17.5. The molecule has 0 amide bonds. The van der Waals surface area contributed by atoms with Crippen LogP contribution in [-0.2, 0) is 0 Å². The van der Waals surface area contributed by atoms with Crippen molar-refractivity contribution < 1.29 is 15.3 Å². The van der Waals surface area contributed by atoms with Gasteiger partial charge in [0.15, 0.2) is 0 Å². The van der Waals surface area contributed by atoms with Crippen LogP contribution in [0.4, 0.5) is 0 Å². The van der Waals surface area contributed by atoms with Gasteiger partial charge in [-0.05, 0) is 73.7 Å². The molecule has 23 heavy (non-hydrogen) atoms. The van der Waals surface area contributed by atoms with Gasteiger partial charge in [-0.1, -0.05) is 33.8 Å². The topological polar surface area (TPSA) is 60.7 Å². The van der Waals surface area contributed by atoms with Gasteiger partial charge < -0.3 is 15.3 Å². The minimum absolute atomic E-state index is 0.147. The van der Waals surface area contributed by atoms with Gasteiger partial charge >= 0.3 is 0 Å². The van der Waals surface area contributed by atoms with Crippen molar-refractivity contribution in [3.05, 3.63) is 12.2 Å². The number of hydrogen-bond acceptors (Lipinski definition) is 3. The fourth-order valence-corrected chi connectivity index (χ4v) is 5.89. The van der Waals surface area contributed by atoms with Crippen LogP contribution in [0, 0.1) is 22.7 Å². The molecule has 3 nitrogen and oxygen atoms in total. The first-order chi connectivity index (χ1) is 10.5. The first-order valence-electron chi connectivity index (χ1n) is 9.23. The first kappa shape index (κ1) is 19.0. The van der Waals surface area contributed by atoms with Crippen LogP contribution in [0.2, 0.25) is 0 Å². The summed E-state index contributed by atoms with van der Waals surface area (Å²) in [4.78, 5) is 0. The molecule has 2 fully saturated rings. The third-order valence-electron chi connectivity index (χ3n) is 7.16. The summed E-state index contributed by atoms with van der Waals surface area (Å²) in [5, 5.41) is 29.9. The van der Waals surface area contributed by atoms with E-state index < -0.39 is 11.7 Å². The fourth-order valence-electron chi connectivity index (χ4n) is 5.89. The van der Waals surface area contributed by atoms with Crippen LogP contribution >= 0.6 is 0 Å². The predicted molar refractivity (Wildman–Crippen MR) is 94.0 cm³/mol. The Morgan fingerprint density at radius 1 is 1.17 bits per heavy atom. The molecule has 0 spiro atoms. The number of fused-ring (bicyclic) bond motifs is 1. The van der Waals surface area contributed by atoms with Crippen LogP contribution in [0.5, 0.6) is 0 Å². The van der Waals surface area contributed by atoms with Gasteiger partial charge in [0.25, 0.3) is 0 Å². The van der Waals surface area contributed by atoms with E-state index in [2.05, 4.69) is 27.4 Å². The van der Waals surface area contributed by atoms with Crippen molar-refractivity contribution in [1.29, 1.82) is 0 Å². The quantitative estimate of drug-likeness (QED) is 0.676. The Balaban J connectivity index is 2.21. The summed E-state index contributed by atoms with van der Waals surface area (Å²) >= 11 is 0. The standard InChI is InChI=1S/C20H36O3/c1-14(15(22)13-21)7-8-17-19(4)11-6-10-18(2,3)16(19)9-12-20(17,5)23/h15-17,21-23H,1,6-13H2,2-5H3/t15-,16-,17-,19+,20-/m1/s1. The summed E-state index contributed by atoms with van der Waals surface area (Å²) in [5.74, 6) is 0.862. The molecule has 2 saturated carbocycles. The van der Waals surface area contributed by atoms with E-state index >= 15 is 0 Å². The lowest BCUT2D eigenvalue weighted by Crippen LogP contribution is -2.57. The van der Waals surface area contributed by atoms with Gasteiger partial charge in [0.1, 0.15) is 0 Å². The van der Waals surface area contributed by atoms with Crippen LogP contribution in [0.3, 0.4) is 0 Å². The molecule has 0 aromatic rings. The lowest BCUT2D eigenvalue weighted by atomic mass is 9.45.